The van der Waals surface area contributed by atoms with Crippen molar-refractivity contribution in [3.8, 4) is 0 Å². The second-order valence-corrected chi connectivity index (χ2v) is 4.07. The SMILES string of the molecule is O=C(O)c1ccn(Cc2ccc(C(F)(F)F)cc2)c1. The van der Waals surface area contributed by atoms with E-state index in [1.165, 1.54) is 24.4 Å². The molecule has 2 aromatic rings. The zero-order chi connectivity index (χ0) is 14.0. The number of hydrogen-bond acceptors (Lipinski definition) is 1. The van der Waals surface area contributed by atoms with Crippen molar-refractivity contribution >= 4 is 5.97 Å². The highest BCUT2D eigenvalue weighted by Crippen LogP contribution is 2.29. The summed E-state index contributed by atoms with van der Waals surface area (Å²) < 4.78 is 38.7. The van der Waals surface area contributed by atoms with Crippen molar-refractivity contribution in [3.63, 3.8) is 0 Å². The molecule has 0 aliphatic rings. The summed E-state index contributed by atoms with van der Waals surface area (Å²) >= 11 is 0. The summed E-state index contributed by atoms with van der Waals surface area (Å²) in [5.41, 5.74) is 0.113. The molecule has 0 unspecified atom stereocenters. The molecule has 19 heavy (non-hydrogen) atoms. The van der Waals surface area contributed by atoms with E-state index in [1.807, 2.05) is 0 Å². The number of nitrogens with zero attached hydrogens (tertiary/aromatic N) is 1. The lowest BCUT2D eigenvalue weighted by molar-refractivity contribution is -0.137. The fourth-order valence-corrected chi connectivity index (χ4v) is 1.68. The maximum absolute atomic E-state index is 12.4. The predicted molar refractivity (Wildman–Crippen MR) is 61.9 cm³/mol. The molecule has 0 bridgehead atoms. The fourth-order valence-electron chi connectivity index (χ4n) is 1.68. The Labute approximate surface area is 106 Å². The van der Waals surface area contributed by atoms with Gasteiger partial charge in [-0.25, -0.2) is 4.79 Å². The van der Waals surface area contributed by atoms with Crippen LogP contribution in [0.25, 0.3) is 0 Å². The van der Waals surface area contributed by atoms with Gasteiger partial charge in [0.1, 0.15) is 0 Å². The van der Waals surface area contributed by atoms with Gasteiger partial charge in [-0.15, -0.1) is 0 Å². The van der Waals surface area contributed by atoms with Crippen molar-refractivity contribution in [1.29, 1.82) is 0 Å². The third kappa shape index (κ3) is 3.15. The molecule has 0 radical (unpaired) electrons. The summed E-state index contributed by atoms with van der Waals surface area (Å²) in [6, 6.07) is 6.22. The number of carboxylic acids is 1. The fraction of sp³-hybridized carbons (Fsp3) is 0.154. The van der Waals surface area contributed by atoms with Gasteiger partial charge in [-0.05, 0) is 23.8 Å². The summed E-state index contributed by atoms with van der Waals surface area (Å²) in [6.45, 7) is 0.325. The van der Waals surface area contributed by atoms with E-state index in [2.05, 4.69) is 0 Å². The van der Waals surface area contributed by atoms with Gasteiger partial charge in [-0.2, -0.15) is 13.2 Å². The van der Waals surface area contributed by atoms with E-state index < -0.39 is 17.7 Å². The Morgan fingerprint density at radius 2 is 1.79 bits per heavy atom. The van der Waals surface area contributed by atoms with Crippen LogP contribution >= 0.6 is 0 Å². The Morgan fingerprint density at radius 1 is 1.16 bits per heavy atom. The highest BCUT2D eigenvalue weighted by Gasteiger charge is 2.29. The molecular formula is C13H10F3NO2. The van der Waals surface area contributed by atoms with E-state index in [9.17, 15) is 18.0 Å². The van der Waals surface area contributed by atoms with Gasteiger partial charge in [-0.3, -0.25) is 0 Å². The maximum atomic E-state index is 12.4. The molecule has 1 heterocycles. The summed E-state index contributed by atoms with van der Waals surface area (Å²) in [6.07, 6.45) is -1.34. The van der Waals surface area contributed by atoms with Gasteiger partial charge in [0.05, 0.1) is 11.1 Å². The average molecular weight is 269 g/mol. The molecule has 0 aliphatic carbocycles. The first-order valence-corrected chi connectivity index (χ1v) is 5.41. The topological polar surface area (TPSA) is 42.2 Å². The summed E-state index contributed by atoms with van der Waals surface area (Å²) in [5.74, 6) is -1.04. The van der Waals surface area contributed by atoms with Crippen molar-refractivity contribution < 1.29 is 23.1 Å². The predicted octanol–water partition coefficient (Wildman–Crippen LogP) is 3.25. The molecular weight excluding hydrogens is 259 g/mol. The van der Waals surface area contributed by atoms with Gasteiger partial charge in [0.15, 0.2) is 0 Å². The molecule has 0 saturated carbocycles. The molecule has 0 aliphatic heterocycles. The molecule has 1 aromatic heterocycles. The zero-order valence-corrected chi connectivity index (χ0v) is 9.69. The Balaban J connectivity index is 2.13. The molecule has 0 saturated heterocycles. The number of aromatic carboxylic acids is 1. The van der Waals surface area contributed by atoms with Crippen LogP contribution in [0.15, 0.2) is 42.7 Å². The Bertz CT molecular complexity index is 585. The van der Waals surface area contributed by atoms with Crippen LogP contribution in [0.4, 0.5) is 13.2 Å². The quantitative estimate of drug-likeness (QED) is 0.929. The van der Waals surface area contributed by atoms with Crippen LogP contribution < -0.4 is 0 Å². The van der Waals surface area contributed by atoms with Crippen LogP contribution in [0, 0.1) is 0 Å². The largest absolute Gasteiger partial charge is 0.478 e. The number of aromatic nitrogens is 1. The van der Waals surface area contributed by atoms with E-state index in [4.69, 9.17) is 5.11 Å². The monoisotopic (exact) mass is 269 g/mol. The first kappa shape index (κ1) is 13.2. The molecule has 0 fully saturated rings. The number of benzene rings is 1. The second kappa shape index (κ2) is 4.79. The van der Waals surface area contributed by atoms with Crippen LogP contribution in [0.3, 0.4) is 0 Å². The third-order valence-electron chi connectivity index (χ3n) is 2.64. The molecule has 1 aromatic carbocycles. The third-order valence-corrected chi connectivity index (χ3v) is 2.64. The first-order valence-electron chi connectivity index (χ1n) is 5.41. The van der Waals surface area contributed by atoms with Crippen molar-refractivity contribution in [2.75, 3.05) is 0 Å². The van der Waals surface area contributed by atoms with Gasteiger partial charge in [0, 0.05) is 18.9 Å². The van der Waals surface area contributed by atoms with E-state index in [-0.39, 0.29) is 5.56 Å². The number of halogens is 3. The maximum Gasteiger partial charge on any atom is 0.416 e. The van der Waals surface area contributed by atoms with Crippen molar-refractivity contribution in [2.24, 2.45) is 0 Å². The summed E-state index contributed by atoms with van der Waals surface area (Å²) in [4.78, 5) is 10.7. The van der Waals surface area contributed by atoms with Crippen molar-refractivity contribution in [1.82, 2.24) is 4.57 Å². The lowest BCUT2D eigenvalue weighted by Crippen LogP contribution is -2.05. The second-order valence-electron chi connectivity index (χ2n) is 4.07. The molecule has 0 spiro atoms. The number of rotatable bonds is 3. The minimum atomic E-state index is -4.34. The van der Waals surface area contributed by atoms with Crippen LogP contribution in [-0.2, 0) is 12.7 Å². The number of carboxylic acid groups (broad SMARTS) is 1. The minimum Gasteiger partial charge on any atom is -0.478 e. The van der Waals surface area contributed by atoms with E-state index in [0.717, 1.165) is 12.1 Å². The molecule has 0 amide bonds. The lowest BCUT2D eigenvalue weighted by atomic mass is 10.1. The molecule has 0 atom stereocenters. The smallest absolute Gasteiger partial charge is 0.416 e. The highest BCUT2D eigenvalue weighted by molar-refractivity contribution is 5.87. The number of alkyl halides is 3. The average Bonchev–Trinajstić information content (AvgIpc) is 2.77. The van der Waals surface area contributed by atoms with Crippen molar-refractivity contribution in [2.45, 2.75) is 12.7 Å². The molecule has 6 heteroatoms. The Kier molecular flexibility index (Phi) is 3.33. The van der Waals surface area contributed by atoms with Gasteiger partial charge in [0.2, 0.25) is 0 Å². The standard InChI is InChI=1S/C13H10F3NO2/c14-13(15,16)11-3-1-9(2-4-11)7-17-6-5-10(8-17)12(18)19/h1-6,8H,7H2,(H,18,19). The van der Waals surface area contributed by atoms with Crippen LogP contribution in [0.1, 0.15) is 21.5 Å². The van der Waals surface area contributed by atoms with Crippen LogP contribution in [0.5, 0.6) is 0 Å². The van der Waals surface area contributed by atoms with Gasteiger partial charge >= 0.3 is 12.1 Å². The summed E-state index contributed by atoms with van der Waals surface area (Å²) in [5, 5.41) is 8.75. The van der Waals surface area contributed by atoms with Gasteiger partial charge in [0.25, 0.3) is 0 Å². The normalized spacial score (nSPS) is 11.5. The van der Waals surface area contributed by atoms with Crippen LogP contribution in [-0.4, -0.2) is 15.6 Å². The van der Waals surface area contributed by atoms with Gasteiger partial charge < -0.3 is 9.67 Å². The van der Waals surface area contributed by atoms with Gasteiger partial charge in [-0.1, -0.05) is 12.1 Å². The highest BCUT2D eigenvalue weighted by atomic mass is 19.4. The van der Waals surface area contributed by atoms with E-state index in [1.54, 1.807) is 10.8 Å². The van der Waals surface area contributed by atoms with Crippen LogP contribution in [0.2, 0.25) is 0 Å². The lowest BCUT2D eigenvalue weighted by Gasteiger charge is -2.08. The zero-order valence-electron chi connectivity index (χ0n) is 9.69. The Morgan fingerprint density at radius 3 is 2.26 bits per heavy atom. The minimum absolute atomic E-state index is 0.145. The van der Waals surface area contributed by atoms with E-state index >= 15 is 0 Å². The number of hydrogen-bond donors (Lipinski definition) is 1. The first-order chi connectivity index (χ1) is 8.86. The molecule has 100 valence electrons. The summed E-state index contributed by atoms with van der Waals surface area (Å²) in [7, 11) is 0. The Hall–Kier alpha value is -2.24. The number of carbonyl (C=O) groups is 1. The van der Waals surface area contributed by atoms with E-state index in [0.29, 0.717) is 12.1 Å². The molecule has 1 N–H and O–H groups in total. The van der Waals surface area contributed by atoms with Crippen molar-refractivity contribution in [3.05, 3.63) is 59.4 Å². The molecule has 2 rings (SSSR count). The molecule has 3 nitrogen and oxygen atoms in total.